The Labute approximate surface area is 154 Å². The summed E-state index contributed by atoms with van der Waals surface area (Å²) in [7, 11) is 0. The number of rotatable bonds is 1. The predicted octanol–water partition coefficient (Wildman–Crippen LogP) is 4.56. The van der Waals surface area contributed by atoms with Crippen molar-refractivity contribution >= 4 is 23.3 Å². The van der Waals surface area contributed by atoms with E-state index in [1.165, 1.54) is 20.9 Å². The van der Waals surface area contributed by atoms with Crippen LogP contribution in [-0.2, 0) is 0 Å². The monoisotopic (exact) mass is 351 g/mol. The lowest BCUT2D eigenvalue weighted by Crippen LogP contribution is -2.50. The van der Waals surface area contributed by atoms with E-state index in [1.807, 2.05) is 11.8 Å². The lowest BCUT2D eigenvalue weighted by Gasteiger charge is -2.38. The van der Waals surface area contributed by atoms with Crippen molar-refractivity contribution in [2.45, 2.75) is 36.6 Å². The first-order valence-electron chi connectivity index (χ1n) is 9.07. The van der Waals surface area contributed by atoms with E-state index < -0.39 is 0 Å². The van der Waals surface area contributed by atoms with Crippen molar-refractivity contribution in [3.05, 3.63) is 53.6 Å². The molecule has 2 aromatic rings. The first-order chi connectivity index (χ1) is 12.1. The van der Waals surface area contributed by atoms with Gasteiger partial charge in [0.2, 0.25) is 0 Å². The van der Waals surface area contributed by atoms with Crippen LogP contribution in [0.1, 0.15) is 25.0 Å². The van der Waals surface area contributed by atoms with E-state index in [4.69, 9.17) is 4.99 Å². The van der Waals surface area contributed by atoms with Gasteiger partial charge < -0.3 is 4.90 Å². The summed E-state index contributed by atoms with van der Waals surface area (Å²) in [6.45, 7) is 11.0. The summed E-state index contributed by atoms with van der Waals surface area (Å²) in [6, 6.07) is 15.9. The van der Waals surface area contributed by atoms with Gasteiger partial charge in [-0.15, -0.1) is 0 Å². The summed E-state index contributed by atoms with van der Waals surface area (Å²) >= 11 is 1.83. The third-order valence-electron chi connectivity index (χ3n) is 5.03. The van der Waals surface area contributed by atoms with E-state index in [0.29, 0.717) is 6.04 Å². The molecule has 0 atom stereocenters. The summed E-state index contributed by atoms with van der Waals surface area (Å²) in [5.41, 5.74) is 3.62. The van der Waals surface area contributed by atoms with Crippen LogP contribution in [0.4, 0.5) is 5.69 Å². The number of fused-ring (bicyclic) bond motifs is 2. The third-order valence-corrected chi connectivity index (χ3v) is 6.17. The SMILES string of the molecule is Cc1ccc2c(c1)N=C(N1CCN(C(C)C)CC1)c1ccccc1S2. The predicted molar refractivity (Wildman–Crippen MR) is 106 cm³/mol. The number of piperazine rings is 1. The summed E-state index contributed by atoms with van der Waals surface area (Å²) in [5, 5.41) is 0. The van der Waals surface area contributed by atoms with Crippen LogP contribution in [0.2, 0.25) is 0 Å². The molecule has 130 valence electrons. The van der Waals surface area contributed by atoms with Crippen molar-refractivity contribution in [1.82, 2.24) is 9.80 Å². The van der Waals surface area contributed by atoms with Crippen LogP contribution < -0.4 is 0 Å². The van der Waals surface area contributed by atoms with E-state index in [0.717, 1.165) is 37.7 Å². The Hall–Kier alpha value is -1.78. The first-order valence-corrected chi connectivity index (χ1v) is 9.89. The second kappa shape index (κ2) is 6.85. The first kappa shape index (κ1) is 16.7. The van der Waals surface area contributed by atoms with Gasteiger partial charge in [0.25, 0.3) is 0 Å². The maximum Gasteiger partial charge on any atom is 0.137 e. The van der Waals surface area contributed by atoms with Crippen LogP contribution in [0.25, 0.3) is 0 Å². The standard InChI is InChI=1S/C21H25N3S/c1-15(2)23-10-12-24(13-11-23)21-17-6-4-5-7-19(17)25-20-9-8-16(3)14-18(20)22-21/h4-9,14-15H,10-13H2,1-3H3. The Balaban J connectivity index is 1.74. The van der Waals surface area contributed by atoms with Crippen LogP contribution in [0.15, 0.2) is 57.2 Å². The summed E-state index contributed by atoms with van der Waals surface area (Å²) in [5.74, 6) is 1.14. The van der Waals surface area contributed by atoms with Crippen molar-refractivity contribution in [2.24, 2.45) is 4.99 Å². The maximum absolute atomic E-state index is 5.14. The highest BCUT2D eigenvalue weighted by Gasteiger charge is 2.25. The number of aryl methyl sites for hydroxylation is 1. The van der Waals surface area contributed by atoms with Crippen LogP contribution >= 0.6 is 11.8 Å². The molecule has 0 bridgehead atoms. The number of benzene rings is 2. The smallest absolute Gasteiger partial charge is 0.137 e. The fourth-order valence-corrected chi connectivity index (χ4v) is 4.52. The van der Waals surface area contributed by atoms with Gasteiger partial charge in [-0.25, -0.2) is 4.99 Å². The quantitative estimate of drug-likeness (QED) is 0.750. The Morgan fingerprint density at radius 2 is 1.72 bits per heavy atom. The molecule has 0 aliphatic carbocycles. The Morgan fingerprint density at radius 3 is 2.48 bits per heavy atom. The van der Waals surface area contributed by atoms with Crippen molar-refractivity contribution < 1.29 is 0 Å². The van der Waals surface area contributed by atoms with Crippen LogP contribution in [0, 0.1) is 6.92 Å². The molecular weight excluding hydrogens is 326 g/mol. The zero-order valence-electron chi connectivity index (χ0n) is 15.2. The Morgan fingerprint density at radius 1 is 0.960 bits per heavy atom. The van der Waals surface area contributed by atoms with Gasteiger partial charge in [0.05, 0.1) is 5.69 Å². The van der Waals surface area contributed by atoms with Gasteiger partial charge in [0, 0.05) is 47.6 Å². The molecule has 1 saturated heterocycles. The number of aliphatic imine (C=N–C) groups is 1. The average molecular weight is 352 g/mol. The van der Waals surface area contributed by atoms with Crippen molar-refractivity contribution in [1.29, 1.82) is 0 Å². The molecule has 2 aliphatic rings. The van der Waals surface area contributed by atoms with Crippen LogP contribution in [-0.4, -0.2) is 47.9 Å². The zero-order valence-corrected chi connectivity index (χ0v) is 16.0. The molecule has 4 heteroatoms. The maximum atomic E-state index is 5.14. The van der Waals surface area contributed by atoms with Crippen LogP contribution in [0.3, 0.4) is 0 Å². The Kier molecular flexibility index (Phi) is 4.57. The fraction of sp³-hybridized carbons (Fsp3) is 0.381. The summed E-state index contributed by atoms with van der Waals surface area (Å²) in [6.07, 6.45) is 0. The van der Waals surface area contributed by atoms with Gasteiger partial charge in [-0.3, -0.25) is 4.90 Å². The molecule has 0 unspecified atom stereocenters. The van der Waals surface area contributed by atoms with Gasteiger partial charge in [0.15, 0.2) is 0 Å². The van der Waals surface area contributed by atoms with Crippen molar-refractivity contribution in [3.8, 4) is 0 Å². The molecule has 0 radical (unpaired) electrons. The third kappa shape index (κ3) is 3.33. The molecule has 0 saturated carbocycles. The van der Waals surface area contributed by atoms with Crippen molar-refractivity contribution in [3.63, 3.8) is 0 Å². The molecule has 3 nitrogen and oxygen atoms in total. The summed E-state index contributed by atoms with van der Waals surface area (Å²) in [4.78, 5) is 12.7. The highest BCUT2D eigenvalue weighted by Crippen LogP contribution is 2.41. The highest BCUT2D eigenvalue weighted by molar-refractivity contribution is 7.99. The number of hydrogen-bond donors (Lipinski definition) is 0. The molecule has 1 fully saturated rings. The fourth-order valence-electron chi connectivity index (χ4n) is 3.53. The van der Waals surface area contributed by atoms with Gasteiger partial charge >= 0.3 is 0 Å². The molecule has 2 aliphatic heterocycles. The van der Waals surface area contributed by atoms with Gasteiger partial charge in [-0.05, 0) is 44.5 Å². The average Bonchev–Trinajstić information content (AvgIpc) is 2.78. The molecule has 4 rings (SSSR count). The van der Waals surface area contributed by atoms with Gasteiger partial charge in [-0.2, -0.15) is 0 Å². The van der Waals surface area contributed by atoms with E-state index in [2.05, 4.69) is 73.0 Å². The zero-order chi connectivity index (χ0) is 17.4. The minimum atomic E-state index is 0.615. The molecule has 0 amide bonds. The number of amidine groups is 1. The molecule has 25 heavy (non-hydrogen) atoms. The van der Waals surface area contributed by atoms with E-state index in [9.17, 15) is 0 Å². The second-order valence-corrected chi connectivity index (χ2v) is 8.21. The summed E-state index contributed by atoms with van der Waals surface area (Å²) < 4.78 is 0. The van der Waals surface area contributed by atoms with E-state index in [1.54, 1.807) is 0 Å². The topological polar surface area (TPSA) is 18.8 Å². The lowest BCUT2D eigenvalue weighted by molar-refractivity contribution is 0.149. The molecule has 0 spiro atoms. The number of nitrogens with zero attached hydrogens (tertiary/aromatic N) is 3. The van der Waals surface area contributed by atoms with Gasteiger partial charge in [0.1, 0.15) is 5.84 Å². The molecule has 0 aromatic heterocycles. The molecule has 0 N–H and O–H groups in total. The minimum Gasteiger partial charge on any atom is -0.354 e. The minimum absolute atomic E-state index is 0.615. The highest BCUT2D eigenvalue weighted by atomic mass is 32.2. The molecule has 2 aromatic carbocycles. The van der Waals surface area contributed by atoms with E-state index >= 15 is 0 Å². The van der Waals surface area contributed by atoms with Gasteiger partial charge in [-0.1, -0.05) is 36.0 Å². The largest absolute Gasteiger partial charge is 0.354 e. The molecular formula is C21H25N3S. The second-order valence-electron chi connectivity index (χ2n) is 7.12. The van der Waals surface area contributed by atoms with E-state index in [-0.39, 0.29) is 0 Å². The van der Waals surface area contributed by atoms with Crippen molar-refractivity contribution in [2.75, 3.05) is 26.2 Å². The van der Waals surface area contributed by atoms with Crippen LogP contribution in [0.5, 0.6) is 0 Å². The lowest BCUT2D eigenvalue weighted by atomic mass is 10.1. The Bertz CT molecular complexity index is 805. The number of hydrogen-bond acceptors (Lipinski definition) is 4. The normalized spacial score (nSPS) is 17.8. The molecule has 2 heterocycles.